The van der Waals surface area contributed by atoms with Gasteiger partial charge in [0.05, 0.1) is 18.4 Å². The molecule has 0 bridgehead atoms. The number of methoxy groups -OCH3 is 1. The van der Waals surface area contributed by atoms with E-state index in [1.165, 1.54) is 7.11 Å². The maximum atomic E-state index is 11.7. The molecular formula is C10H15N3O3. The fourth-order valence-corrected chi connectivity index (χ4v) is 1.42. The van der Waals surface area contributed by atoms with Crippen LogP contribution in [0.5, 0.6) is 0 Å². The number of carbonyl (C=O) groups is 2. The predicted molar refractivity (Wildman–Crippen MR) is 57.0 cm³/mol. The van der Waals surface area contributed by atoms with Crippen LogP contribution in [0.25, 0.3) is 0 Å². The standard InChI is InChI=1S/C10H15N3O3/c1-6-9(7(2)13(3)12-6)10(15)11-5-8(14)16-4/h5H2,1-4H3,(H,11,15). The summed E-state index contributed by atoms with van der Waals surface area (Å²) in [5, 5.41) is 6.60. The van der Waals surface area contributed by atoms with Gasteiger partial charge in [-0.3, -0.25) is 14.3 Å². The number of ether oxygens (including phenoxy) is 1. The number of nitrogens with one attached hydrogen (secondary N) is 1. The van der Waals surface area contributed by atoms with Gasteiger partial charge in [-0.2, -0.15) is 5.10 Å². The van der Waals surface area contributed by atoms with E-state index in [-0.39, 0.29) is 12.5 Å². The number of esters is 1. The van der Waals surface area contributed by atoms with E-state index < -0.39 is 5.97 Å². The number of carbonyl (C=O) groups excluding carboxylic acids is 2. The molecular weight excluding hydrogens is 210 g/mol. The van der Waals surface area contributed by atoms with Crippen molar-refractivity contribution in [2.45, 2.75) is 13.8 Å². The van der Waals surface area contributed by atoms with E-state index in [9.17, 15) is 9.59 Å². The average molecular weight is 225 g/mol. The summed E-state index contributed by atoms with van der Waals surface area (Å²) in [6.45, 7) is 3.41. The van der Waals surface area contributed by atoms with Crippen molar-refractivity contribution in [3.05, 3.63) is 17.0 Å². The number of aromatic nitrogens is 2. The topological polar surface area (TPSA) is 73.2 Å². The molecule has 0 radical (unpaired) electrons. The number of amides is 1. The largest absolute Gasteiger partial charge is 0.468 e. The molecule has 1 aromatic rings. The van der Waals surface area contributed by atoms with Gasteiger partial charge >= 0.3 is 5.97 Å². The molecule has 1 amide bonds. The molecule has 0 atom stereocenters. The van der Waals surface area contributed by atoms with Crippen molar-refractivity contribution in [3.8, 4) is 0 Å². The van der Waals surface area contributed by atoms with Crippen molar-refractivity contribution in [2.75, 3.05) is 13.7 Å². The molecule has 0 saturated carbocycles. The molecule has 0 aromatic carbocycles. The van der Waals surface area contributed by atoms with Crippen LogP contribution in [0.15, 0.2) is 0 Å². The van der Waals surface area contributed by atoms with Crippen LogP contribution in [0.4, 0.5) is 0 Å². The minimum absolute atomic E-state index is 0.136. The second kappa shape index (κ2) is 4.78. The van der Waals surface area contributed by atoms with E-state index in [1.807, 2.05) is 0 Å². The Labute approximate surface area is 93.6 Å². The molecule has 0 aliphatic carbocycles. The predicted octanol–water partition coefficient (Wildman–Crippen LogP) is -0.0603. The molecule has 88 valence electrons. The molecule has 16 heavy (non-hydrogen) atoms. The van der Waals surface area contributed by atoms with Crippen LogP contribution in [-0.4, -0.2) is 35.3 Å². The lowest BCUT2D eigenvalue weighted by atomic mass is 10.2. The Morgan fingerprint density at radius 2 is 2.06 bits per heavy atom. The second-order valence-electron chi connectivity index (χ2n) is 3.43. The average Bonchev–Trinajstić information content (AvgIpc) is 2.49. The Morgan fingerprint density at radius 3 is 2.50 bits per heavy atom. The third-order valence-electron chi connectivity index (χ3n) is 2.36. The monoisotopic (exact) mass is 225 g/mol. The van der Waals surface area contributed by atoms with Gasteiger partial charge in [-0.25, -0.2) is 0 Å². The number of aryl methyl sites for hydroxylation is 2. The van der Waals surface area contributed by atoms with Crippen LogP contribution in [0, 0.1) is 13.8 Å². The number of hydrogen-bond donors (Lipinski definition) is 1. The van der Waals surface area contributed by atoms with Gasteiger partial charge in [-0.05, 0) is 13.8 Å². The third-order valence-corrected chi connectivity index (χ3v) is 2.36. The molecule has 0 aliphatic rings. The van der Waals surface area contributed by atoms with Gasteiger partial charge in [0.1, 0.15) is 6.54 Å². The van der Waals surface area contributed by atoms with Crippen molar-refractivity contribution in [1.82, 2.24) is 15.1 Å². The number of nitrogens with zero attached hydrogens (tertiary/aromatic N) is 2. The van der Waals surface area contributed by atoms with Crippen LogP contribution >= 0.6 is 0 Å². The Balaban J connectivity index is 2.77. The third kappa shape index (κ3) is 2.39. The maximum Gasteiger partial charge on any atom is 0.325 e. The maximum absolute atomic E-state index is 11.7. The van der Waals surface area contributed by atoms with E-state index >= 15 is 0 Å². The van der Waals surface area contributed by atoms with Gasteiger partial charge in [-0.1, -0.05) is 0 Å². The fraction of sp³-hybridized carbons (Fsp3) is 0.500. The van der Waals surface area contributed by atoms with E-state index in [2.05, 4.69) is 15.2 Å². The highest BCUT2D eigenvalue weighted by Crippen LogP contribution is 2.11. The molecule has 1 N–H and O–H groups in total. The lowest BCUT2D eigenvalue weighted by molar-refractivity contribution is -0.139. The minimum atomic E-state index is -0.479. The summed E-state index contributed by atoms with van der Waals surface area (Å²) >= 11 is 0. The second-order valence-corrected chi connectivity index (χ2v) is 3.43. The Bertz CT molecular complexity index is 423. The zero-order valence-corrected chi connectivity index (χ0v) is 9.83. The zero-order chi connectivity index (χ0) is 12.3. The molecule has 0 saturated heterocycles. The smallest absolute Gasteiger partial charge is 0.325 e. The Kier molecular flexibility index (Phi) is 3.65. The lowest BCUT2D eigenvalue weighted by Crippen LogP contribution is -2.30. The van der Waals surface area contributed by atoms with Crippen molar-refractivity contribution < 1.29 is 14.3 Å². The minimum Gasteiger partial charge on any atom is -0.468 e. The molecule has 0 spiro atoms. The fourth-order valence-electron chi connectivity index (χ4n) is 1.42. The molecule has 0 unspecified atom stereocenters. The summed E-state index contributed by atoms with van der Waals surface area (Å²) in [7, 11) is 3.04. The highest BCUT2D eigenvalue weighted by molar-refractivity contribution is 5.97. The van der Waals surface area contributed by atoms with Crippen LogP contribution < -0.4 is 5.32 Å². The molecule has 1 rings (SSSR count). The van der Waals surface area contributed by atoms with Gasteiger partial charge in [0, 0.05) is 12.7 Å². The molecule has 0 fully saturated rings. The molecule has 1 aromatic heterocycles. The van der Waals surface area contributed by atoms with Gasteiger partial charge in [0.25, 0.3) is 5.91 Å². The summed E-state index contributed by atoms with van der Waals surface area (Å²) in [5.41, 5.74) is 1.91. The first kappa shape index (κ1) is 12.2. The summed E-state index contributed by atoms with van der Waals surface area (Å²) in [4.78, 5) is 22.6. The van der Waals surface area contributed by atoms with E-state index in [1.54, 1.807) is 25.6 Å². The lowest BCUT2D eigenvalue weighted by Gasteiger charge is -2.03. The van der Waals surface area contributed by atoms with Gasteiger partial charge in [0.15, 0.2) is 0 Å². The first-order valence-corrected chi connectivity index (χ1v) is 4.82. The Hall–Kier alpha value is -1.85. The molecule has 6 nitrogen and oxygen atoms in total. The number of rotatable bonds is 3. The van der Waals surface area contributed by atoms with E-state index in [0.717, 1.165) is 5.69 Å². The van der Waals surface area contributed by atoms with Crippen molar-refractivity contribution in [3.63, 3.8) is 0 Å². The van der Waals surface area contributed by atoms with Gasteiger partial charge < -0.3 is 10.1 Å². The summed E-state index contributed by atoms with van der Waals surface area (Å²) < 4.78 is 6.06. The van der Waals surface area contributed by atoms with Crippen LogP contribution in [0.1, 0.15) is 21.7 Å². The summed E-state index contributed by atoms with van der Waals surface area (Å²) in [5.74, 6) is -0.791. The van der Waals surface area contributed by atoms with Crippen LogP contribution in [0.3, 0.4) is 0 Å². The van der Waals surface area contributed by atoms with Gasteiger partial charge in [-0.15, -0.1) is 0 Å². The highest BCUT2D eigenvalue weighted by atomic mass is 16.5. The van der Waals surface area contributed by atoms with Crippen molar-refractivity contribution in [1.29, 1.82) is 0 Å². The normalized spacial score (nSPS) is 10.0. The van der Waals surface area contributed by atoms with Crippen LogP contribution in [0.2, 0.25) is 0 Å². The summed E-state index contributed by atoms with van der Waals surface area (Å²) in [6.07, 6.45) is 0. The van der Waals surface area contributed by atoms with Crippen LogP contribution in [-0.2, 0) is 16.6 Å². The SMILES string of the molecule is COC(=O)CNC(=O)c1c(C)nn(C)c1C. The summed E-state index contributed by atoms with van der Waals surface area (Å²) in [6, 6.07) is 0. The molecule has 1 heterocycles. The van der Waals surface area contributed by atoms with Gasteiger partial charge in [0.2, 0.25) is 0 Å². The quantitative estimate of drug-likeness (QED) is 0.731. The highest BCUT2D eigenvalue weighted by Gasteiger charge is 2.17. The first-order chi connectivity index (χ1) is 7.47. The first-order valence-electron chi connectivity index (χ1n) is 4.82. The van der Waals surface area contributed by atoms with E-state index in [4.69, 9.17) is 0 Å². The molecule has 6 heteroatoms. The van der Waals surface area contributed by atoms with E-state index in [0.29, 0.717) is 11.3 Å². The molecule has 0 aliphatic heterocycles. The van der Waals surface area contributed by atoms with Crippen molar-refractivity contribution >= 4 is 11.9 Å². The zero-order valence-electron chi connectivity index (χ0n) is 9.83. The Morgan fingerprint density at radius 1 is 1.44 bits per heavy atom. The number of hydrogen-bond acceptors (Lipinski definition) is 4. The van der Waals surface area contributed by atoms with Crippen molar-refractivity contribution in [2.24, 2.45) is 7.05 Å².